The molecule has 0 fully saturated rings. The van der Waals surface area contributed by atoms with Crippen molar-refractivity contribution in [3.8, 4) is 0 Å². The Morgan fingerprint density at radius 2 is 1.63 bits per heavy atom. The van der Waals surface area contributed by atoms with Crippen molar-refractivity contribution >= 4 is 23.6 Å². The van der Waals surface area contributed by atoms with Crippen LogP contribution in [0.25, 0.3) is 5.76 Å². The zero-order valence-corrected chi connectivity index (χ0v) is 16.4. The van der Waals surface area contributed by atoms with Gasteiger partial charge in [-0.25, -0.2) is 4.79 Å². The first-order valence-electron chi connectivity index (χ1n) is 9.18. The summed E-state index contributed by atoms with van der Waals surface area (Å²) < 4.78 is 11.0. The van der Waals surface area contributed by atoms with Gasteiger partial charge in [-0.1, -0.05) is 36.4 Å². The second-order valence-corrected chi connectivity index (χ2v) is 7.18. The van der Waals surface area contributed by atoms with Crippen molar-refractivity contribution in [1.29, 1.82) is 0 Å². The summed E-state index contributed by atoms with van der Waals surface area (Å²) in [4.78, 5) is 35.4. The largest absolute Gasteiger partial charge is 0.481 e. The number of nitrogens with one attached hydrogen (secondary N) is 1. The van der Waals surface area contributed by atoms with Crippen molar-refractivity contribution in [1.82, 2.24) is 5.32 Å². The van der Waals surface area contributed by atoms with Crippen LogP contribution in [0.3, 0.4) is 0 Å². The number of aromatic carboxylic acids is 1. The van der Waals surface area contributed by atoms with Crippen LogP contribution in [-0.2, 0) is 14.3 Å². The number of carbonyl (C=O) groups excluding carboxylic acids is 1. The molecule has 3 N–H and O–H groups in total. The van der Waals surface area contributed by atoms with Crippen molar-refractivity contribution in [2.24, 2.45) is 0 Å². The first-order chi connectivity index (χ1) is 14.2. The molecule has 1 aliphatic heterocycles. The normalized spacial score (nSPS) is 15.3. The van der Waals surface area contributed by atoms with E-state index in [1.54, 1.807) is 44.2 Å². The minimum atomic E-state index is -1.23. The molecule has 0 bridgehead atoms. The van der Waals surface area contributed by atoms with E-state index in [1.165, 1.54) is 24.5 Å². The molecule has 0 saturated heterocycles. The van der Waals surface area contributed by atoms with Crippen LogP contribution in [0.2, 0.25) is 0 Å². The van der Waals surface area contributed by atoms with Crippen molar-refractivity contribution in [3.05, 3.63) is 77.0 Å². The Bertz CT molecular complexity index is 1010. The molecule has 2 aromatic rings. The van der Waals surface area contributed by atoms with Gasteiger partial charge in [0, 0.05) is 26.0 Å². The molecule has 1 amide bonds. The number of ether oxygens (including phenoxy) is 2. The summed E-state index contributed by atoms with van der Waals surface area (Å²) in [5.74, 6) is -4.23. The Morgan fingerprint density at radius 1 is 1.00 bits per heavy atom. The molecule has 0 aliphatic carbocycles. The Kier molecular flexibility index (Phi) is 5.77. The number of hydrogen-bond donors (Lipinski definition) is 3. The highest BCUT2D eigenvalue weighted by molar-refractivity contribution is 6.04. The van der Waals surface area contributed by atoms with E-state index < -0.39 is 29.6 Å². The fourth-order valence-corrected chi connectivity index (χ4v) is 3.02. The number of amides is 1. The lowest BCUT2D eigenvalue weighted by molar-refractivity contribution is -0.138. The van der Waals surface area contributed by atoms with E-state index in [0.717, 1.165) is 5.56 Å². The molecule has 30 heavy (non-hydrogen) atoms. The van der Waals surface area contributed by atoms with Gasteiger partial charge < -0.3 is 25.0 Å². The van der Waals surface area contributed by atoms with E-state index in [1.807, 2.05) is 0 Å². The lowest BCUT2D eigenvalue weighted by Crippen LogP contribution is -2.32. The maximum Gasteiger partial charge on any atom is 0.336 e. The van der Waals surface area contributed by atoms with Crippen molar-refractivity contribution in [2.45, 2.75) is 25.6 Å². The van der Waals surface area contributed by atoms with Crippen LogP contribution in [0.5, 0.6) is 0 Å². The van der Waals surface area contributed by atoms with Crippen LogP contribution in [0.1, 0.15) is 51.6 Å². The van der Waals surface area contributed by atoms with Crippen molar-refractivity contribution < 1.29 is 34.1 Å². The van der Waals surface area contributed by atoms with Crippen molar-refractivity contribution in [3.63, 3.8) is 0 Å². The average Bonchev–Trinajstić information content (AvgIpc) is 3.08. The smallest absolute Gasteiger partial charge is 0.336 e. The molecule has 3 rings (SSSR count). The van der Waals surface area contributed by atoms with Crippen LogP contribution >= 0.6 is 0 Å². The molecule has 0 radical (unpaired) electrons. The van der Waals surface area contributed by atoms with Crippen LogP contribution in [0, 0.1) is 0 Å². The summed E-state index contributed by atoms with van der Waals surface area (Å²) >= 11 is 0. The number of aliphatic carboxylic acids is 1. The summed E-state index contributed by atoms with van der Waals surface area (Å²) in [5.41, 5.74) is 1.03. The third kappa shape index (κ3) is 4.60. The molecule has 1 unspecified atom stereocenters. The van der Waals surface area contributed by atoms with Gasteiger partial charge in [0.2, 0.25) is 5.79 Å². The molecule has 0 spiro atoms. The number of hydrogen-bond acceptors (Lipinski definition) is 5. The van der Waals surface area contributed by atoms with Gasteiger partial charge in [0.1, 0.15) is 6.26 Å². The first kappa shape index (κ1) is 20.9. The van der Waals surface area contributed by atoms with Crippen LogP contribution in [0.15, 0.2) is 54.8 Å². The van der Waals surface area contributed by atoms with Gasteiger partial charge >= 0.3 is 11.9 Å². The van der Waals surface area contributed by atoms with E-state index in [0.29, 0.717) is 11.3 Å². The number of rotatable bonds is 7. The van der Waals surface area contributed by atoms with Gasteiger partial charge in [-0.15, -0.1) is 0 Å². The molecule has 2 aromatic carbocycles. The standard InChI is InChI=1S/C22H21NO7/c1-22(2)29-12-18(30-22)14-9-7-13(8-10-14)17(21(27)28)11-23-19(24)15-5-3-4-6-16(15)20(25)26/h3-10,12,17H,11H2,1-2H3,(H,23,24)(H,25,26)(H,27,28). The van der Waals surface area contributed by atoms with Gasteiger partial charge in [0.25, 0.3) is 5.91 Å². The Hall–Kier alpha value is -3.81. The first-order valence-corrected chi connectivity index (χ1v) is 9.18. The molecular formula is C22H21NO7. The topological polar surface area (TPSA) is 122 Å². The van der Waals surface area contributed by atoms with Gasteiger partial charge in [0.15, 0.2) is 5.76 Å². The predicted molar refractivity (Wildman–Crippen MR) is 107 cm³/mol. The van der Waals surface area contributed by atoms with Gasteiger partial charge in [-0.05, 0) is 17.7 Å². The molecular weight excluding hydrogens is 390 g/mol. The molecule has 8 nitrogen and oxygen atoms in total. The second kappa shape index (κ2) is 8.28. The summed E-state index contributed by atoms with van der Waals surface area (Å²) in [6, 6.07) is 12.4. The maximum atomic E-state index is 12.4. The molecule has 156 valence electrons. The molecule has 8 heteroatoms. The summed E-state index contributed by atoms with van der Waals surface area (Å²) in [6.45, 7) is 3.35. The van der Waals surface area contributed by atoms with Crippen LogP contribution in [-0.4, -0.2) is 40.4 Å². The summed E-state index contributed by atoms with van der Waals surface area (Å²) in [5, 5.41) is 21.3. The van der Waals surface area contributed by atoms with Gasteiger partial charge in [0.05, 0.1) is 17.0 Å². The van der Waals surface area contributed by atoms with E-state index >= 15 is 0 Å². The quantitative estimate of drug-likeness (QED) is 0.640. The lowest BCUT2D eigenvalue weighted by Gasteiger charge is -2.18. The summed E-state index contributed by atoms with van der Waals surface area (Å²) in [6.07, 6.45) is 1.50. The molecule has 0 aromatic heterocycles. The SMILES string of the molecule is CC1(C)OC=C(c2ccc(C(CNC(=O)c3ccccc3C(=O)O)C(=O)O)cc2)O1. The van der Waals surface area contributed by atoms with Crippen LogP contribution in [0.4, 0.5) is 0 Å². The van der Waals surface area contributed by atoms with Crippen molar-refractivity contribution in [2.75, 3.05) is 6.54 Å². The number of carboxylic acids is 2. The minimum Gasteiger partial charge on any atom is -0.481 e. The lowest BCUT2D eigenvalue weighted by atomic mass is 9.97. The van der Waals surface area contributed by atoms with E-state index in [4.69, 9.17) is 9.47 Å². The zero-order valence-electron chi connectivity index (χ0n) is 16.4. The Morgan fingerprint density at radius 3 is 2.17 bits per heavy atom. The van der Waals surface area contributed by atoms with Crippen LogP contribution < -0.4 is 5.32 Å². The monoisotopic (exact) mass is 411 g/mol. The molecule has 1 heterocycles. The second-order valence-electron chi connectivity index (χ2n) is 7.18. The number of carbonyl (C=O) groups is 3. The van der Waals surface area contributed by atoms with Gasteiger partial charge in [-0.2, -0.15) is 0 Å². The fraction of sp³-hybridized carbons (Fsp3) is 0.227. The molecule has 1 atom stereocenters. The highest BCUT2D eigenvalue weighted by Crippen LogP contribution is 2.31. The predicted octanol–water partition coefficient (Wildman–Crippen LogP) is 3.06. The average molecular weight is 411 g/mol. The molecule has 1 aliphatic rings. The third-order valence-electron chi connectivity index (χ3n) is 4.57. The van der Waals surface area contributed by atoms with E-state index in [-0.39, 0.29) is 17.7 Å². The summed E-state index contributed by atoms with van der Waals surface area (Å²) in [7, 11) is 0. The maximum absolute atomic E-state index is 12.4. The van der Waals surface area contributed by atoms with Gasteiger partial charge in [-0.3, -0.25) is 9.59 Å². The highest BCUT2D eigenvalue weighted by atomic mass is 16.7. The zero-order chi connectivity index (χ0) is 21.9. The molecule has 0 saturated carbocycles. The number of carboxylic acid groups (broad SMARTS) is 2. The fourth-order valence-electron chi connectivity index (χ4n) is 3.02. The third-order valence-corrected chi connectivity index (χ3v) is 4.57. The number of benzene rings is 2. The Labute approximate surface area is 172 Å². The van der Waals surface area contributed by atoms with E-state index in [2.05, 4.69) is 5.32 Å². The highest BCUT2D eigenvalue weighted by Gasteiger charge is 2.29. The Balaban J connectivity index is 1.72. The van der Waals surface area contributed by atoms with E-state index in [9.17, 15) is 24.6 Å². The minimum absolute atomic E-state index is 0.0302.